The Kier molecular flexibility index (Phi) is 17.8. The van der Waals surface area contributed by atoms with Crippen molar-refractivity contribution in [2.24, 2.45) is 0 Å². The van der Waals surface area contributed by atoms with Crippen molar-refractivity contribution in [1.29, 1.82) is 0 Å². The Morgan fingerprint density at radius 1 is 0.340 bits per heavy atom. The van der Waals surface area contributed by atoms with E-state index in [4.69, 9.17) is 9.47 Å². The van der Waals surface area contributed by atoms with Crippen LogP contribution in [0.25, 0.3) is 11.1 Å². The van der Waals surface area contributed by atoms with Crippen molar-refractivity contribution in [3.63, 3.8) is 0 Å². The average molecular weight is 673 g/mol. The molecule has 50 heavy (non-hydrogen) atoms. The van der Waals surface area contributed by atoms with E-state index in [2.05, 4.69) is 125 Å². The van der Waals surface area contributed by atoms with Crippen LogP contribution in [0.4, 0.5) is 0 Å². The first-order valence-corrected chi connectivity index (χ1v) is 19.9. The Morgan fingerprint density at radius 2 is 0.600 bits per heavy atom. The maximum absolute atomic E-state index is 6.21. The molecule has 2 nitrogen and oxygen atoms in total. The van der Waals surface area contributed by atoms with Gasteiger partial charge in [0.25, 0.3) is 0 Å². The first-order valence-electron chi connectivity index (χ1n) is 19.9. The van der Waals surface area contributed by atoms with Crippen LogP contribution in [-0.2, 0) is 0 Å². The zero-order valence-electron chi connectivity index (χ0n) is 31.8. The molecular formula is C48H64O2. The number of ether oxygens (including phenoxy) is 2. The van der Waals surface area contributed by atoms with Gasteiger partial charge in [-0.1, -0.05) is 188 Å². The first-order chi connectivity index (χ1) is 24.6. The predicted octanol–water partition coefficient (Wildman–Crippen LogP) is 14.3. The van der Waals surface area contributed by atoms with Crippen molar-refractivity contribution in [1.82, 2.24) is 0 Å². The van der Waals surface area contributed by atoms with Gasteiger partial charge in [0.2, 0.25) is 0 Å². The molecule has 0 aliphatic heterocycles. The summed E-state index contributed by atoms with van der Waals surface area (Å²) >= 11 is 0. The van der Waals surface area contributed by atoms with Crippen LogP contribution in [-0.4, -0.2) is 13.2 Å². The highest BCUT2D eigenvalue weighted by Gasteiger charge is 2.17. The largest absolute Gasteiger partial charge is 0.494 e. The number of hydrogen-bond donors (Lipinski definition) is 0. The molecule has 0 amide bonds. The Bertz CT molecular complexity index is 1380. The highest BCUT2D eigenvalue weighted by molar-refractivity contribution is 6.04. The minimum atomic E-state index is 0.775. The number of benzene rings is 4. The molecule has 0 fully saturated rings. The number of aryl methyl sites for hydroxylation is 2. The zero-order chi connectivity index (χ0) is 35.2. The number of hydrogen-bond acceptors (Lipinski definition) is 2. The molecule has 0 aromatic heterocycles. The molecule has 268 valence electrons. The highest BCUT2D eigenvalue weighted by atomic mass is 16.5. The quantitative estimate of drug-likeness (QED) is 0.0545. The molecule has 0 saturated heterocycles. The van der Waals surface area contributed by atoms with Gasteiger partial charge in [-0.3, -0.25) is 0 Å². The lowest BCUT2D eigenvalue weighted by Gasteiger charge is -2.19. The maximum atomic E-state index is 6.21. The van der Waals surface area contributed by atoms with Crippen LogP contribution >= 0.6 is 0 Å². The third kappa shape index (κ3) is 13.5. The van der Waals surface area contributed by atoms with Crippen LogP contribution in [0.2, 0.25) is 0 Å². The fraction of sp³-hybridized carbons (Fsp3) is 0.458. The van der Waals surface area contributed by atoms with E-state index in [1.54, 1.807) is 0 Å². The van der Waals surface area contributed by atoms with E-state index in [0.717, 1.165) is 37.6 Å². The van der Waals surface area contributed by atoms with Gasteiger partial charge in [0.15, 0.2) is 0 Å². The SMILES string of the molecule is CCCCCCCCCCOc1ccc(/C(=C(\c2ccc(C)cc2)c2ccc(OCCCCCCCCCC)cc2)c2ccc(C)cc2)cc1. The second kappa shape index (κ2) is 22.8. The summed E-state index contributed by atoms with van der Waals surface area (Å²) in [5.74, 6) is 1.88. The summed E-state index contributed by atoms with van der Waals surface area (Å²) in [5.41, 5.74) is 9.72. The summed E-state index contributed by atoms with van der Waals surface area (Å²) in [6, 6.07) is 35.4. The van der Waals surface area contributed by atoms with E-state index in [9.17, 15) is 0 Å². The third-order valence-corrected chi connectivity index (χ3v) is 9.75. The van der Waals surface area contributed by atoms with Crippen molar-refractivity contribution >= 4 is 11.1 Å². The molecule has 4 aromatic carbocycles. The van der Waals surface area contributed by atoms with Gasteiger partial charge in [0, 0.05) is 0 Å². The molecule has 0 unspecified atom stereocenters. The topological polar surface area (TPSA) is 18.5 Å². The molecule has 0 aliphatic rings. The minimum Gasteiger partial charge on any atom is -0.494 e. The predicted molar refractivity (Wildman–Crippen MR) is 216 cm³/mol. The van der Waals surface area contributed by atoms with Crippen LogP contribution < -0.4 is 9.47 Å². The standard InChI is InChI=1S/C48H64O2/c1-5-7-9-11-13-15-17-19-37-49-45-33-29-43(30-34-45)47(41-25-21-39(3)22-26-41)48(42-27-23-40(4)24-28-42)44-31-35-46(36-32-44)50-38-20-18-16-14-12-10-8-6-2/h21-36H,5-20,37-38H2,1-4H3/b48-47+. The summed E-state index contributed by atoms with van der Waals surface area (Å²) in [4.78, 5) is 0. The van der Waals surface area contributed by atoms with Crippen molar-refractivity contribution < 1.29 is 9.47 Å². The lowest BCUT2D eigenvalue weighted by molar-refractivity contribution is 0.304. The average Bonchev–Trinajstić information content (AvgIpc) is 3.14. The van der Waals surface area contributed by atoms with Gasteiger partial charge in [-0.05, 0) is 84.4 Å². The van der Waals surface area contributed by atoms with E-state index in [0.29, 0.717) is 0 Å². The summed E-state index contributed by atoms with van der Waals surface area (Å²) in [6.45, 7) is 10.4. The molecular weight excluding hydrogens is 609 g/mol. The lowest BCUT2D eigenvalue weighted by Crippen LogP contribution is -2.00. The number of unbranched alkanes of at least 4 members (excludes halogenated alkanes) is 14. The van der Waals surface area contributed by atoms with Crippen molar-refractivity contribution in [2.45, 2.75) is 130 Å². The Morgan fingerprint density at radius 3 is 0.900 bits per heavy atom. The van der Waals surface area contributed by atoms with Gasteiger partial charge >= 0.3 is 0 Å². The van der Waals surface area contributed by atoms with Gasteiger partial charge in [-0.2, -0.15) is 0 Å². The molecule has 0 heterocycles. The maximum Gasteiger partial charge on any atom is 0.119 e. The van der Waals surface area contributed by atoms with Gasteiger partial charge in [-0.15, -0.1) is 0 Å². The minimum absolute atomic E-state index is 0.775. The van der Waals surface area contributed by atoms with Crippen LogP contribution in [0, 0.1) is 13.8 Å². The summed E-state index contributed by atoms with van der Waals surface area (Å²) in [7, 11) is 0. The lowest BCUT2D eigenvalue weighted by atomic mass is 9.85. The number of rotatable bonds is 24. The molecule has 4 rings (SSSR count). The third-order valence-electron chi connectivity index (χ3n) is 9.75. The zero-order valence-corrected chi connectivity index (χ0v) is 31.8. The fourth-order valence-corrected chi connectivity index (χ4v) is 6.64. The molecule has 0 atom stereocenters. The van der Waals surface area contributed by atoms with Crippen molar-refractivity contribution in [2.75, 3.05) is 13.2 Å². The molecule has 0 N–H and O–H groups in total. The van der Waals surface area contributed by atoms with E-state index >= 15 is 0 Å². The smallest absolute Gasteiger partial charge is 0.119 e. The Labute approximate surface area is 305 Å². The Hall–Kier alpha value is -3.78. The first kappa shape index (κ1) is 39.0. The molecule has 2 heteroatoms. The second-order valence-electron chi connectivity index (χ2n) is 14.2. The summed E-state index contributed by atoms with van der Waals surface area (Å²) in [6.07, 6.45) is 20.9. The normalized spacial score (nSPS) is 11.8. The summed E-state index contributed by atoms with van der Waals surface area (Å²) in [5, 5.41) is 0. The van der Waals surface area contributed by atoms with Crippen LogP contribution in [0.1, 0.15) is 150 Å². The van der Waals surface area contributed by atoms with Crippen molar-refractivity contribution in [3.8, 4) is 11.5 Å². The van der Waals surface area contributed by atoms with Gasteiger partial charge in [-0.25, -0.2) is 0 Å². The summed E-state index contributed by atoms with van der Waals surface area (Å²) < 4.78 is 12.4. The van der Waals surface area contributed by atoms with Crippen LogP contribution in [0.15, 0.2) is 97.1 Å². The Balaban J connectivity index is 1.51. The monoisotopic (exact) mass is 672 g/mol. The van der Waals surface area contributed by atoms with Crippen LogP contribution in [0.3, 0.4) is 0 Å². The van der Waals surface area contributed by atoms with Gasteiger partial charge in [0.05, 0.1) is 13.2 Å². The second-order valence-corrected chi connectivity index (χ2v) is 14.2. The van der Waals surface area contributed by atoms with Crippen LogP contribution in [0.5, 0.6) is 11.5 Å². The van der Waals surface area contributed by atoms with E-state index in [-0.39, 0.29) is 0 Å². The van der Waals surface area contributed by atoms with Gasteiger partial charge in [0.1, 0.15) is 11.5 Å². The highest BCUT2D eigenvalue weighted by Crippen LogP contribution is 2.38. The molecule has 0 radical (unpaired) electrons. The van der Waals surface area contributed by atoms with E-state index in [1.165, 1.54) is 134 Å². The fourth-order valence-electron chi connectivity index (χ4n) is 6.64. The van der Waals surface area contributed by atoms with E-state index in [1.807, 2.05) is 0 Å². The van der Waals surface area contributed by atoms with Crippen molar-refractivity contribution in [3.05, 3.63) is 130 Å². The molecule has 0 saturated carbocycles. The van der Waals surface area contributed by atoms with Gasteiger partial charge < -0.3 is 9.47 Å². The van der Waals surface area contributed by atoms with E-state index < -0.39 is 0 Å². The molecule has 4 aromatic rings. The molecule has 0 bridgehead atoms. The molecule has 0 aliphatic carbocycles. The molecule has 0 spiro atoms.